The van der Waals surface area contributed by atoms with Crippen LogP contribution in [0.1, 0.15) is 18.6 Å². The summed E-state index contributed by atoms with van der Waals surface area (Å²) in [5.74, 6) is 3.69. The summed E-state index contributed by atoms with van der Waals surface area (Å²) in [6, 6.07) is 9.16. The Labute approximate surface area is 99.0 Å². The summed E-state index contributed by atoms with van der Waals surface area (Å²) in [5.41, 5.74) is 0. The Morgan fingerprint density at radius 1 is 1.24 bits per heavy atom. The second-order valence-corrected chi connectivity index (χ2v) is 3.60. The number of ether oxygens (including phenoxy) is 1. The number of terminal acetylenes is 1. The molecule has 17 heavy (non-hydrogen) atoms. The van der Waals surface area contributed by atoms with Crippen molar-refractivity contribution in [3.05, 3.63) is 48.0 Å². The van der Waals surface area contributed by atoms with E-state index in [2.05, 4.69) is 5.92 Å². The van der Waals surface area contributed by atoms with Gasteiger partial charge in [0.15, 0.2) is 0 Å². The highest BCUT2D eigenvalue weighted by atomic mass is 19.1. The maximum absolute atomic E-state index is 12.7. The normalized spacial score (nSPS) is 11.8. The Balaban J connectivity index is 2.12. The molecule has 1 atom stereocenters. The SMILES string of the molecule is C#CC(C)c1ccc(Oc2ccc(F)cc2)o1. The van der Waals surface area contributed by atoms with E-state index in [4.69, 9.17) is 15.6 Å². The van der Waals surface area contributed by atoms with Gasteiger partial charge in [0.05, 0.1) is 5.92 Å². The van der Waals surface area contributed by atoms with Gasteiger partial charge in [-0.25, -0.2) is 4.39 Å². The molecular formula is C14H11FO2. The first kappa shape index (κ1) is 11.3. The standard InChI is InChI=1S/C14H11FO2/c1-3-10(2)13-8-9-14(17-13)16-12-6-4-11(15)5-7-12/h1,4-10H,2H3. The van der Waals surface area contributed by atoms with Gasteiger partial charge in [-0.1, -0.05) is 5.92 Å². The molecule has 0 N–H and O–H groups in total. The van der Waals surface area contributed by atoms with Gasteiger partial charge in [0, 0.05) is 6.07 Å². The van der Waals surface area contributed by atoms with Gasteiger partial charge in [-0.2, -0.15) is 0 Å². The van der Waals surface area contributed by atoms with Crippen molar-refractivity contribution in [2.75, 3.05) is 0 Å². The van der Waals surface area contributed by atoms with Crippen LogP contribution in [0.3, 0.4) is 0 Å². The predicted octanol–water partition coefficient (Wildman–Crippen LogP) is 3.95. The lowest BCUT2D eigenvalue weighted by molar-refractivity contribution is 0.330. The lowest BCUT2D eigenvalue weighted by Crippen LogP contribution is -1.85. The van der Waals surface area contributed by atoms with Crippen LogP contribution in [-0.2, 0) is 0 Å². The molecule has 0 fully saturated rings. The monoisotopic (exact) mass is 230 g/mol. The van der Waals surface area contributed by atoms with E-state index in [-0.39, 0.29) is 11.7 Å². The molecule has 2 rings (SSSR count). The van der Waals surface area contributed by atoms with Crippen LogP contribution in [-0.4, -0.2) is 0 Å². The van der Waals surface area contributed by atoms with Gasteiger partial charge in [-0.15, -0.1) is 6.42 Å². The quantitative estimate of drug-likeness (QED) is 0.745. The van der Waals surface area contributed by atoms with E-state index in [0.717, 1.165) is 0 Å². The van der Waals surface area contributed by atoms with E-state index in [1.807, 2.05) is 6.92 Å². The molecule has 0 amide bonds. The molecule has 3 heteroatoms. The summed E-state index contributed by atoms with van der Waals surface area (Å²) < 4.78 is 23.5. The Hall–Kier alpha value is -2.21. The number of halogens is 1. The fraction of sp³-hybridized carbons (Fsp3) is 0.143. The third-order valence-electron chi connectivity index (χ3n) is 2.31. The largest absolute Gasteiger partial charge is 0.429 e. The molecule has 0 saturated carbocycles. The summed E-state index contributed by atoms with van der Waals surface area (Å²) in [6.45, 7) is 1.86. The molecule has 1 aromatic carbocycles. The number of benzene rings is 1. The van der Waals surface area contributed by atoms with Gasteiger partial charge in [-0.05, 0) is 37.3 Å². The van der Waals surface area contributed by atoms with Crippen molar-refractivity contribution in [2.24, 2.45) is 0 Å². The summed E-state index contributed by atoms with van der Waals surface area (Å²) >= 11 is 0. The van der Waals surface area contributed by atoms with Crippen LogP contribution in [0.2, 0.25) is 0 Å². The Morgan fingerprint density at radius 2 is 1.94 bits per heavy atom. The van der Waals surface area contributed by atoms with Crippen molar-refractivity contribution >= 4 is 0 Å². The molecule has 0 saturated heterocycles. The van der Waals surface area contributed by atoms with Crippen LogP contribution in [0.4, 0.5) is 4.39 Å². The molecule has 1 aromatic heterocycles. The number of hydrogen-bond acceptors (Lipinski definition) is 2. The van der Waals surface area contributed by atoms with Gasteiger partial charge in [0.25, 0.3) is 5.95 Å². The first-order valence-corrected chi connectivity index (χ1v) is 5.18. The minimum atomic E-state index is -0.307. The zero-order chi connectivity index (χ0) is 12.3. The maximum atomic E-state index is 12.7. The van der Waals surface area contributed by atoms with Crippen LogP contribution < -0.4 is 4.74 Å². The summed E-state index contributed by atoms with van der Waals surface area (Å²) in [7, 11) is 0. The Kier molecular flexibility index (Phi) is 3.15. The molecule has 86 valence electrons. The zero-order valence-electron chi connectivity index (χ0n) is 9.31. The lowest BCUT2D eigenvalue weighted by Gasteiger charge is -2.02. The third-order valence-corrected chi connectivity index (χ3v) is 2.31. The molecule has 0 bridgehead atoms. The molecular weight excluding hydrogens is 219 g/mol. The van der Waals surface area contributed by atoms with Gasteiger partial charge < -0.3 is 9.15 Å². The van der Waals surface area contributed by atoms with Crippen molar-refractivity contribution in [1.82, 2.24) is 0 Å². The van der Waals surface area contributed by atoms with Crippen molar-refractivity contribution in [3.8, 4) is 24.0 Å². The molecule has 1 heterocycles. The molecule has 0 aliphatic rings. The average molecular weight is 230 g/mol. The van der Waals surface area contributed by atoms with Gasteiger partial charge >= 0.3 is 0 Å². The number of rotatable bonds is 3. The van der Waals surface area contributed by atoms with Crippen LogP contribution in [0.5, 0.6) is 11.7 Å². The highest BCUT2D eigenvalue weighted by Crippen LogP contribution is 2.27. The lowest BCUT2D eigenvalue weighted by atomic mass is 10.1. The molecule has 0 aliphatic heterocycles. The van der Waals surface area contributed by atoms with E-state index in [0.29, 0.717) is 17.5 Å². The van der Waals surface area contributed by atoms with Gasteiger partial charge in [-0.3, -0.25) is 0 Å². The highest BCUT2D eigenvalue weighted by Gasteiger charge is 2.09. The second kappa shape index (κ2) is 4.75. The van der Waals surface area contributed by atoms with Crippen LogP contribution in [0, 0.1) is 18.2 Å². The van der Waals surface area contributed by atoms with Crippen molar-refractivity contribution in [3.63, 3.8) is 0 Å². The van der Waals surface area contributed by atoms with E-state index >= 15 is 0 Å². The van der Waals surface area contributed by atoms with Crippen molar-refractivity contribution in [2.45, 2.75) is 12.8 Å². The molecule has 0 radical (unpaired) electrons. The Bertz CT molecular complexity index is 534. The van der Waals surface area contributed by atoms with Gasteiger partial charge in [0.2, 0.25) is 0 Å². The fourth-order valence-electron chi connectivity index (χ4n) is 1.32. The minimum Gasteiger partial charge on any atom is -0.429 e. The van der Waals surface area contributed by atoms with Crippen LogP contribution in [0.15, 0.2) is 40.8 Å². The van der Waals surface area contributed by atoms with Crippen LogP contribution in [0.25, 0.3) is 0 Å². The molecule has 0 spiro atoms. The predicted molar refractivity (Wildman–Crippen MR) is 62.4 cm³/mol. The summed E-state index contributed by atoms with van der Waals surface area (Å²) in [4.78, 5) is 0. The van der Waals surface area contributed by atoms with E-state index in [1.54, 1.807) is 12.1 Å². The van der Waals surface area contributed by atoms with E-state index < -0.39 is 0 Å². The highest BCUT2D eigenvalue weighted by molar-refractivity contribution is 5.28. The van der Waals surface area contributed by atoms with E-state index in [9.17, 15) is 4.39 Å². The van der Waals surface area contributed by atoms with Crippen molar-refractivity contribution < 1.29 is 13.5 Å². The topological polar surface area (TPSA) is 22.4 Å². The number of furan rings is 1. The third kappa shape index (κ3) is 2.67. The average Bonchev–Trinajstić information content (AvgIpc) is 2.80. The molecule has 0 aliphatic carbocycles. The summed E-state index contributed by atoms with van der Waals surface area (Å²) in [6.07, 6.45) is 5.29. The molecule has 2 nitrogen and oxygen atoms in total. The fourth-order valence-corrected chi connectivity index (χ4v) is 1.32. The minimum absolute atomic E-state index is 0.0967. The zero-order valence-corrected chi connectivity index (χ0v) is 9.31. The van der Waals surface area contributed by atoms with E-state index in [1.165, 1.54) is 24.3 Å². The Morgan fingerprint density at radius 3 is 2.59 bits per heavy atom. The molecule has 2 aromatic rings. The molecule has 1 unspecified atom stereocenters. The first-order valence-electron chi connectivity index (χ1n) is 5.18. The number of hydrogen-bond donors (Lipinski definition) is 0. The summed E-state index contributed by atoms with van der Waals surface area (Å²) in [5, 5.41) is 0. The first-order chi connectivity index (χ1) is 8.19. The van der Waals surface area contributed by atoms with Gasteiger partial charge in [0.1, 0.15) is 17.3 Å². The second-order valence-electron chi connectivity index (χ2n) is 3.60. The van der Waals surface area contributed by atoms with Crippen LogP contribution >= 0.6 is 0 Å². The smallest absolute Gasteiger partial charge is 0.290 e. The maximum Gasteiger partial charge on any atom is 0.290 e. The van der Waals surface area contributed by atoms with Crippen molar-refractivity contribution in [1.29, 1.82) is 0 Å².